The van der Waals surface area contributed by atoms with E-state index in [1.165, 1.54) is 6.07 Å². The molecule has 0 bridgehead atoms. The summed E-state index contributed by atoms with van der Waals surface area (Å²) in [5.74, 6) is -2.31. The Bertz CT molecular complexity index is 1630. The summed E-state index contributed by atoms with van der Waals surface area (Å²) >= 11 is 0. The van der Waals surface area contributed by atoms with E-state index in [1.807, 2.05) is 19.1 Å². The minimum atomic E-state index is -4.65. The maximum atomic E-state index is 14.4. The third-order valence-corrected chi connectivity index (χ3v) is 6.95. The van der Waals surface area contributed by atoms with Gasteiger partial charge in [-0.3, -0.25) is 14.6 Å². The van der Waals surface area contributed by atoms with Crippen molar-refractivity contribution >= 4 is 17.5 Å². The Morgan fingerprint density at radius 1 is 1.20 bits per heavy atom. The van der Waals surface area contributed by atoms with Crippen molar-refractivity contribution < 1.29 is 32.3 Å². The van der Waals surface area contributed by atoms with Gasteiger partial charge >= 0.3 is 6.18 Å². The second kappa shape index (κ2) is 10.3. The molecule has 1 unspecified atom stereocenters. The summed E-state index contributed by atoms with van der Waals surface area (Å²) in [6.45, 7) is 3.32. The quantitative estimate of drug-likeness (QED) is 0.309. The van der Waals surface area contributed by atoms with Gasteiger partial charge in [-0.25, -0.2) is 13.9 Å². The second-order valence-electron chi connectivity index (χ2n) is 9.57. The number of halogens is 4. The monoisotopic (exact) mass is 556 g/mol. The van der Waals surface area contributed by atoms with Gasteiger partial charge in [0.05, 0.1) is 18.3 Å². The van der Waals surface area contributed by atoms with E-state index in [9.17, 15) is 32.3 Å². The fraction of sp³-hybridized carbons (Fsp3) is 0.296. The Kier molecular flexibility index (Phi) is 7.00. The summed E-state index contributed by atoms with van der Waals surface area (Å²) in [5.41, 5.74) is 1.93. The molecule has 4 aromatic rings. The van der Waals surface area contributed by atoms with Crippen LogP contribution in [0.25, 0.3) is 5.65 Å². The molecule has 5 rings (SSSR count). The van der Waals surface area contributed by atoms with Crippen molar-refractivity contribution in [3.63, 3.8) is 0 Å². The number of amides is 2. The molecule has 0 fully saturated rings. The highest BCUT2D eigenvalue weighted by Crippen LogP contribution is 2.36. The van der Waals surface area contributed by atoms with Crippen LogP contribution in [0.15, 0.2) is 42.7 Å². The molecule has 40 heavy (non-hydrogen) atoms. The predicted molar refractivity (Wildman–Crippen MR) is 134 cm³/mol. The van der Waals surface area contributed by atoms with E-state index >= 15 is 0 Å². The number of aliphatic hydroxyl groups excluding tert-OH is 1. The van der Waals surface area contributed by atoms with Crippen LogP contribution < -0.4 is 10.6 Å². The van der Waals surface area contributed by atoms with Crippen molar-refractivity contribution in [3.05, 3.63) is 93.4 Å². The summed E-state index contributed by atoms with van der Waals surface area (Å²) in [6, 6.07) is 6.58. The maximum Gasteiger partial charge on any atom is 0.433 e. The number of carbonyl (C=O) groups excluding carboxylic acids is 2. The van der Waals surface area contributed by atoms with Gasteiger partial charge in [-0.2, -0.15) is 18.3 Å². The van der Waals surface area contributed by atoms with Crippen LogP contribution >= 0.6 is 0 Å². The lowest BCUT2D eigenvalue weighted by molar-refractivity contribution is -0.141. The van der Waals surface area contributed by atoms with E-state index < -0.39 is 35.6 Å². The highest BCUT2D eigenvalue weighted by molar-refractivity contribution is 5.98. The SMILES string of the molecule is Cc1c(C(C)O)ccc2c1CC[C@@H]2NC(=O)c1cc(C(=O)NCc2ccnc(C(F)(F)F)c2)nc2c(F)cnn12. The van der Waals surface area contributed by atoms with Gasteiger partial charge < -0.3 is 15.7 Å². The molecule has 3 aromatic heterocycles. The summed E-state index contributed by atoms with van der Waals surface area (Å²) in [4.78, 5) is 33.5. The largest absolute Gasteiger partial charge is 0.433 e. The van der Waals surface area contributed by atoms with Gasteiger partial charge in [0.2, 0.25) is 0 Å². The number of carbonyl (C=O) groups is 2. The molecule has 13 heteroatoms. The zero-order chi connectivity index (χ0) is 28.8. The molecule has 0 aliphatic heterocycles. The fourth-order valence-corrected chi connectivity index (χ4v) is 4.96. The van der Waals surface area contributed by atoms with Gasteiger partial charge in [0.1, 0.15) is 17.1 Å². The van der Waals surface area contributed by atoms with E-state index in [0.29, 0.717) is 12.8 Å². The zero-order valence-electron chi connectivity index (χ0n) is 21.4. The number of aliphatic hydroxyl groups is 1. The first-order chi connectivity index (χ1) is 18.9. The standard InChI is InChI=1S/C27H24F4N6O3/c1-13-16(14(2)38)3-4-18-17(13)5-6-20(18)36-26(40)22-10-21(35-24-19(28)12-34-37(22)24)25(39)33-11-15-7-8-32-23(9-15)27(29,30)31/h3-4,7-10,12,14,20,38H,5-6,11H2,1-2H3,(H,33,39)(H,36,40)/t14?,20-/m0/s1. The predicted octanol–water partition coefficient (Wildman–Crippen LogP) is 3.99. The van der Waals surface area contributed by atoms with Gasteiger partial charge in [-0.1, -0.05) is 12.1 Å². The van der Waals surface area contributed by atoms with Gasteiger partial charge in [0.25, 0.3) is 11.8 Å². The Morgan fingerprint density at radius 3 is 2.70 bits per heavy atom. The molecule has 3 heterocycles. The average Bonchev–Trinajstić information content (AvgIpc) is 3.50. The summed E-state index contributed by atoms with van der Waals surface area (Å²) in [6.07, 6.45) is -2.14. The highest BCUT2D eigenvalue weighted by Gasteiger charge is 2.32. The number of aromatic nitrogens is 4. The lowest BCUT2D eigenvalue weighted by Crippen LogP contribution is -2.30. The minimum absolute atomic E-state index is 0.138. The molecule has 1 aromatic carbocycles. The lowest BCUT2D eigenvalue weighted by atomic mass is 9.95. The Morgan fingerprint density at radius 2 is 1.98 bits per heavy atom. The summed E-state index contributed by atoms with van der Waals surface area (Å²) < 4.78 is 54.3. The number of benzene rings is 1. The number of pyridine rings is 1. The molecule has 0 saturated heterocycles. The van der Waals surface area contributed by atoms with E-state index in [4.69, 9.17) is 0 Å². The molecule has 9 nitrogen and oxygen atoms in total. The Balaban J connectivity index is 1.39. The summed E-state index contributed by atoms with van der Waals surface area (Å²) in [5, 5.41) is 19.3. The molecule has 3 N–H and O–H groups in total. The van der Waals surface area contributed by atoms with Crippen LogP contribution in [0.1, 0.15) is 80.0 Å². The van der Waals surface area contributed by atoms with Crippen LogP contribution in [0, 0.1) is 12.7 Å². The molecule has 0 spiro atoms. The third kappa shape index (κ3) is 5.11. The zero-order valence-corrected chi connectivity index (χ0v) is 21.4. The van der Waals surface area contributed by atoms with E-state index in [1.54, 1.807) is 6.92 Å². The molecule has 0 saturated carbocycles. The molecular formula is C27H24F4N6O3. The Labute approximate surface area is 225 Å². The van der Waals surface area contributed by atoms with Gasteiger partial charge in [0.15, 0.2) is 11.5 Å². The van der Waals surface area contributed by atoms with Crippen molar-refractivity contribution in [2.24, 2.45) is 0 Å². The summed E-state index contributed by atoms with van der Waals surface area (Å²) in [7, 11) is 0. The first-order valence-corrected chi connectivity index (χ1v) is 12.4. The first-order valence-electron chi connectivity index (χ1n) is 12.4. The number of rotatable bonds is 6. The molecule has 1 aliphatic carbocycles. The smallest absolute Gasteiger partial charge is 0.389 e. The highest BCUT2D eigenvalue weighted by atomic mass is 19.4. The third-order valence-electron chi connectivity index (χ3n) is 6.95. The molecule has 208 valence electrons. The number of nitrogens with zero attached hydrogens (tertiary/aromatic N) is 4. The number of hydrogen-bond acceptors (Lipinski definition) is 6. The number of hydrogen-bond donors (Lipinski definition) is 3. The van der Waals surface area contributed by atoms with Crippen LogP contribution in [0.4, 0.5) is 17.6 Å². The van der Waals surface area contributed by atoms with Crippen molar-refractivity contribution in [2.45, 2.75) is 51.6 Å². The fourth-order valence-electron chi connectivity index (χ4n) is 4.96. The van der Waals surface area contributed by atoms with Crippen LogP contribution in [0.3, 0.4) is 0 Å². The Hall–Kier alpha value is -4.39. The first kappa shape index (κ1) is 27.2. The molecule has 1 aliphatic rings. The van der Waals surface area contributed by atoms with Gasteiger partial charge in [-0.05, 0) is 66.6 Å². The van der Waals surface area contributed by atoms with Gasteiger partial charge in [0, 0.05) is 18.8 Å². The van der Waals surface area contributed by atoms with E-state index in [2.05, 4.69) is 25.7 Å². The van der Waals surface area contributed by atoms with E-state index in [-0.39, 0.29) is 35.2 Å². The molecule has 0 radical (unpaired) electrons. The van der Waals surface area contributed by atoms with Crippen LogP contribution in [0.5, 0.6) is 0 Å². The molecule has 2 atom stereocenters. The number of alkyl halides is 3. The van der Waals surface area contributed by atoms with Crippen LogP contribution in [-0.4, -0.2) is 36.5 Å². The van der Waals surface area contributed by atoms with Gasteiger partial charge in [-0.15, -0.1) is 0 Å². The van der Waals surface area contributed by atoms with Crippen molar-refractivity contribution in [3.8, 4) is 0 Å². The number of fused-ring (bicyclic) bond motifs is 2. The molecule has 2 amide bonds. The van der Waals surface area contributed by atoms with Crippen LogP contribution in [-0.2, 0) is 19.1 Å². The maximum absolute atomic E-state index is 14.4. The topological polar surface area (TPSA) is 122 Å². The normalized spacial score (nSPS) is 15.6. The molecular weight excluding hydrogens is 532 g/mol. The number of nitrogens with one attached hydrogen (secondary N) is 2. The average molecular weight is 557 g/mol. The van der Waals surface area contributed by atoms with Crippen molar-refractivity contribution in [2.75, 3.05) is 0 Å². The van der Waals surface area contributed by atoms with E-state index in [0.717, 1.165) is 51.3 Å². The van der Waals surface area contributed by atoms with Crippen molar-refractivity contribution in [1.29, 1.82) is 0 Å². The minimum Gasteiger partial charge on any atom is -0.389 e. The second-order valence-corrected chi connectivity index (χ2v) is 9.57. The van der Waals surface area contributed by atoms with Crippen molar-refractivity contribution in [1.82, 2.24) is 30.2 Å². The lowest BCUT2D eigenvalue weighted by Gasteiger charge is -2.17. The van der Waals surface area contributed by atoms with Crippen LogP contribution in [0.2, 0.25) is 0 Å².